The van der Waals surface area contributed by atoms with Gasteiger partial charge in [-0.15, -0.1) is 0 Å². The molecule has 1 aromatic rings. The maximum atomic E-state index is 12.0. The Labute approximate surface area is 128 Å². The molecule has 0 aliphatic rings. The summed E-state index contributed by atoms with van der Waals surface area (Å²) in [7, 11) is 0. The summed E-state index contributed by atoms with van der Waals surface area (Å²) < 4.78 is 5.51. The van der Waals surface area contributed by atoms with Gasteiger partial charge in [-0.3, -0.25) is 4.79 Å². The molecule has 3 heteroatoms. The summed E-state index contributed by atoms with van der Waals surface area (Å²) in [6.45, 7) is 9.17. The first-order valence-corrected chi connectivity index (χ1v) is 7.79. The zero-order chi connectivity index (χ0) is 15.9. The van der Waals surface area contributed by atoms with Crippen molar-refractivity contribution in [3.05, 3.63) is 35.9 Å². The van der Waals surface area contributed by atoms with Crippen molar-refractivity contribution in [2.24, 2.45) is 17.1 Å². The average Bonchev–Trinajstić information content (AvgIpc) is 2.43. The maximum absolute atomic E-state index is 12.0. The molecule has 0 aromatic heterocycles. The van der Waals surface area contributed by atoms with Crippen LogP contribution in [0.2, 0.25) is 0 Å². The van der Waals surface area contributed by atoms with Gasteiger partial charge in [0.05, 0.1) is 0 Å². The first-order chi connectivity index (χ1) is 9.84. The second-order valence-electron chi connectivity index (χ2n) is 6.72. The maximum Gasteiger partial charge on any atom is 0.306 e. The normalized spacial score (nSPS) is 14.5. The van der Waals surface area contributed by atoms with Crippen LogP contribution in [0.1, 0.15) is 58.6 Å². The largest absolute Gasteiger partial charge is 0.458 e. The quantitative estimate of drug-likeness (QED) is 0.770. The number of nitrogens with two attached hydrogens (primary N) is 1. The van der Waals surface area contributed by atoms with Gasteiger partial charge in [-0.1, -0.05) is 51.1 Å². The Hall–Kier alpha value is -1.35. The van der Waals surface area contributed by atoms with E-state index in [0.29, 0.717) is 18.9 Å². The molecule has 2 unspecified atom stereocenters. The van der Waals surface area contributed by atoms with E-state index in [-0.39, 0.29) is 17.5 Å². The van der Waals surface area contributed by atoms with Crippen LogP contribution in [-0.2, 0) is 9.53 Å². The van der Waals surface area contributed by atoms with Crippen molar-refractivity contribution in [2.45, 2.75) is 53.1 Å². The van der Waals surface area contributed by atoms with Gasteiger partial charge in [0.25, 0.3) is 0 Å². The Balaban J connectivity index is 2.46. The van der Waals surface area contributed by atoms with E-state index < -0.39 is 0 Å². The monoisotopic (exact) mass is 291 g/mol. The highest BCUT2D eigenvalue weighted by Gasteiger charge is 2.25. The fourth-order valence-electron chi connectivity index (χ4n) is 2.55. The smallest absolute Gasteiger partial charge is 0.306 e. The van der Waals surface area contributed by atoms with Crippen molar-refractivity contribution >= 4 is 5.97 Å². The second kappa shape index (κ2) is 8.18. The molecule has 0 amide bonds. The number of rotatable bonds is 7. The Morgan fingerprint density at radius 1 is 1.19 bits per heavy atom. The van der Waals surface area contributed by atoms with Crippen LogP contribution in [-0.4, -0.2) is 12.5 Å². The lowest BCUT2D eigenvalue weighted by Gasteiger charge is -2.30. The Kier molecular flexibility index (Phi) is 6.90. The van der Waals surface area contributed by atoms with Crippen molar-refractivity contribution in [1.82, 2.24) is 0 Å². The molecule has 0 aliphatic heterocycles. The topological polar surface area (TPSA) is 52.3 Å². The molecule has 0 spiro atoms. The Morgan fingerprint density at radius 2 is 1.81 bits per heavy atom. The molecule has 0 bridgehead atoms. The fourth-order valence-corrected chi connectivity index (χ4v) is 2.55. The molecule has 0 saturated carbocycles. The van der Waals surface area contributed by atoms with Gasteiger partial charge < -0.3 is 10.5 Å². The minimum Gasteiger partial charge on any atom is -0.458 e. The van der Waals surface area contributed by atoms with E-state index in [2.05, 4.69) is 20.8 Å². The van der Waals surface area contributed by atoms with Gasteiger partial charge in [0.2, 0.25) is 0 Å². The highest BCUT2D eigenvalue weighted by atomic mass is 16.5. The number of hydrogen-bond acceptors (Lipinski definition) is 3. The third-order valence-electron chi connectivity index (χ3n) is 4.01. The lowest BCUT2D eigenvalue weighted by Crippen LogP contribution is -2.24. The molecule has 3 nitrogen and oxygen atoms in total. The standard InChI is InChI=1S/C18H29NO2/c1-14(15-8-6-5-7-9-15)21-17(20)11-10-16(12-13-19)18(2,3)4/h5-9,14,16H,10-13,19H2,1-4H3. The highest BCUT2D eigenvalue weighted by molar-refractivity contribution is 5.69. The summed E-state index contributed by atoms with van der Waals surface area (Å²) >= 11 is 0. The van der Waals surface area contributed by atoms with E-state index in [1.54, 1.807) is 0 Å². The van der Waals surface area contributed by atoms with E-state index in [1.807, 2.05) is 37.3 Å². The van der Waals surface area contributed by atoms with Gasteiger partial charge in [0.15, 0.2) is 0 Å². The van der Waals surface area contributed by atoms with Crippen molar-refractivity contribution in [3.8, 4) is 0 Å². The molecule has 0 radical (unpaired) electrons. The summed E-state index contributed by atoms with van der Waals surface area (Å²) in [5, 5.41) is 0. The van der Waals surface area contributed by atoms with Crippen LogP contribution < -0.4 is 5.73 Å². The van der Waals surface area contributed by atoms with Crippen molar-refractivity contribution in [1.29, 1.82) is 0 Å². The summed E-state index contributed by atoms with van der Waals surface area (Å²) in [5.41, 5.74) is 6.87. The number of carbonyl (C=O) groups excluding carboxylic acids is 1. The van der Waals surface area contributed by atoms with Gasteiger partial charge in [-0.2, -0.15) is 0 Å². The van der Waals surface area contributed by atoms with Gasteiger partial charge in [-0.25, -0.2) is 0 Å². The third-order valence-corrected chi connectivity index (χ3v) is 4.01. The molecular formula is C18H29NO2. The van der Waals surface area contributed by atoms with Gasteiger partial charge >= 0.3 is 5.97 Å². The first kappa shape index (κ1) is 17.7. The molecule has 0 aliphatic carbocycles. The van der Waals surface area contributed by atoms with Crippen molar-refractivity contribution in [2.75, 3.05) is 6.54 Å². The SMILES string of the molecule is CC(OC(=O)CCC(CCN)C(C)(C)C)c1ccccc1. The molecule has 21 heavy (non-hydrogen) atoms. The van der Waals surface area contributed by atoms with E-state index in [1.165, 1.54) is 0 Å². The van der Waals surface area contributed by atoms with Crippen molar-refractivity contribution < 1.29 is 9.53 Å². The van der Waals surface area contributed by atoms with Crippen LogP contribution in [0.3, 0.4) is 0 Å². The number of ether oxygens (including phenoxy) is 1. The van der Waals surface area contributed by atoms with E-state index in [4.69, 9.17) is 10.5 Å². The van der Waals surface area contributed by atoms with Crippen LogP contribution in [0.4, 0.5) is 0 Å². The fraction of sp³-hybridized carbons (Fsp3) is 0.611. The van der Waals surface area contributed by atoms with Crippen LogP contribution in [0.5, 0.6) is 0 Å². The zero-order valence-electron chi connectivity index (χ0n) is 13.8. The summed E-state index contributed by atoms with van der Waals surface area (Å²) in [4.78, 5) is 12.0. The summed E-state index contributed by atoms with van der Waals surface area (Å²) in [6.07, 6.45) is 2.05. The Bertz CT molecular complexity index is 423. The van der Waals surface area contributed by atoms with Crippen LogP contribution >= 0.6 is 0 Å². The molecule has 1 aromatic carbocycles. The highest BCUT2D eigenvalue weighted by Crippen LogP contribution is 2.32. The van der Waals surface area contributed by atoms with Gasteiger partial charge in [0, 0.05) is 6.42 Å². The molecular weight excluding hydrogens is 262 g/mol. The molecule has 118 valence electrons. The molecule has 2 atom stereocenters. The summed E-state index contributed by atoms with van der Waals surface area (Å²) in [5.74, 6) is 0.319. The molecule has 1 rings (SSSR count). The van der Waals surface area contributed by atoms with E-state index in [9.17, 15) is 4.79 Å². The number of carbonyl (C=O) groups is 1. The lowest BCUT2D eigenvalue weighted by molar-refractivity contribution is -0.149. The first-order valence-electron chi connectivity index (χ1n) is 7.79. The second-order valence-corrected chi connectivity index (χ2v) is 6.72. The molecule has 0 heterocycles. The average molecular weight is 291 g/mol. The minimum atomic E-state index is -0.193. The predicted molar refractivity (Wildman–Crippen MR) is 86.8 cm³/mol. The van der Waals surface area contributed by atoms with Crippen LogP contribution in [0.25, 0.3) is 0 Å². The van der Waals surface area contributed by atoms with E-state index >= 15 is 0 Å². The minimum absolute atomic E-state index is 0.127. The van der Waals surface area contributed by atoms with Gasteiger partial charge in [0.1, 0.15) is 6.10 Å². The van der Waals surface area contributed by atoms with Crippen LogP contribution in [0.15, 0.2) is 30.3 Å². The number of esters is 1. The molecule has 0 fully saturated rings. The predicted octanol–water partition coefficient (Wildman–Crippen LogP) is 4.08. The number of hydrogen-bond donors (Lipinski definition) is 1. The number of benzene rings is 1. The zero-order valence-corrected chi connectivity index (χ0v) is 13.8. The third kappa shape index (κ3) is 6.30. The molecule has 0 saturated heterocycles. The lowest BCUT2D eigenvalue weighted by atomic mass is 9.76. The van der Waals surface area contributed by atoms with Gasteiger partial charge in [-0.05, 0) is 43.2 Å². The van der Waals surface area contributed by atoms with E-state index in [0.717, 1.165) is 18.4 Å². The van der Waals surface area contributed by atoms with Crippen LogP contribution in [0, 0.1) is 11.3 Å². The Morgan fingerprint density at radius 3 is 2.33 bits per heavy atom. The van der Waals surface area contributed by atoms with Crippen molar-refractivity contribution in [3.63, 3.8) is 0 Å². The summed E-state index contributed by atoms with van der Waals surface area (Å²) in [6, 6.07) is 9.82. The molecule has 2 N–H and O–H groups in total.